The lowest BCUT2D eigenvalue weighted by molar-refractivity contribution is 0.0770. The summed E-state index contributed by atoms with van der Waals surface area (Å²) in [5.74, 6) is 0.710. The van der Waals surface area contributed by atoms with E-state index in [0.717, 1.165) is 15.5 Å². The lowest BCUT2D eigenvalue weighted by Gasteiger charge is -2.19. The predicted octanol–water partition coefficient (Wildman–Crippen LogP) is 4.86. The number of amides is 1. The van der Waals surface area contributed by atoms with Crippen LogP contribution in [0.15, 0.2) is 88.7 Å². The summed E-state index contributed by atoms with van der Waals surface area (Å²) in [4.78, 5) is 16.3. The first-order valence-corrected chi connectivity index (χ1v) is 9.70. The van der Waals surface area contributed by atoms with Gasteiger partial charge in [0.2, 0.25) is 0 Å². The zero-order valence-corrected chi connectivity index (χ0v) is 16.4. The highest BCUT2D eigenvalue weighted by Gasteiger charge is 2.17. The van der Waals surface area contributed by atoms with Crippen LogP contribution in [-0.2, 0) is 0 Å². The van der Waals surface area contributed by atoms with Gasteiger partial charge < -0.3 is 9.64 Å². The van der Waals surface area contributed by atoms with E-state index in [1.54, 1.807) is 18.0 Å². The topological polar surface area (TPSA) is 53.3 Å². The lowest BCUT2D eigenvalue weighted by atomic mass is 10.2. The van der Waals surface area contributed by atoms with E-state index in [2.05, 4.69) is 6.07 Å². The van der Waals surface area contributed by atoms with E-state index in [1.807, 2.05) is 72.8 Å². The van der Waals surface area contributed by atoms with Crippen molar-refractivity contribution in [3.8, 4) is 11.8 Å². The molecule has 0 aromatic heterocycles. The number of nitrogens with zero attached hydrogens (tertiary/aromatic N) is 2. The van der Waals surface area contributed by atoms with Crippen LogP contribution >= 0.6 is 11.8 Å². The van der Waals surface area contributed by atoms with Crippen molar-refractivity contribution in [2.24, 2.45) is 0 Å². The third-order valence-electron chi connectivity index (χ3n) is 4.13. The van der Waals surface area contributed by atoms with E-state index in [4.69, 9.17) is 4.74 Å². The van der Waals surface area contributed by atoms with E-state index in [1.165, 1.54) is 11.8 Å². The second-order valence-corrected chi connectivity index (χ2v) is 7.18. The van der Waals surface area contributed by atoms with Gasteiger partial charge in [0.05, 0.1) is 17.7 Å². The molecule has 0 fully saturated rings. The molecule has 0 aliphatic heterocycles. The Morgan fingerprint density at radius 2 is 1.61 bits per heavy atom. The molecule has 0 aliphatic carbocycles. The van der Waals surface area contributed by atoms with Gasteiger partial charge in [0, 0.05) is 16.8 Å². The predicted molar refractivity (Wildman–Crippen MR) is 111 cm³/mol. The molecule has 0 spiro atoms. The number of rotatable bonds is 7. The number of carbonyl (C=O) groups excluding carboxylic acids is 1. The summed E-state index contributed by atoms with van der Waals surface area (Å²) >= 11 is 1.43. The van der Waals surface area contributed by atoms with Crippen molar-refractivity contribution in [3.05, 3.63) is 90.0 Å². The maximum absolute atomic E-state index is 12.9. The van der Waals surface area contributed by atoms with Gasteiger partial charge in [-0.15, -0.1) is 0 Å². The van der Waals surface area contributed by atoms with Crippen LogP contribution in [0.2, 0.25) is 0 Å². The molecular formula is C23H20N2O2S. The Bertz CT molecular complexity index is 983. The summed E-state index contributed by atoms with van der Waals surface area (Å²) < 4.78 is 5.68. The monoisotopic (exact) mass is 388 g/mol. The number of para-hydroxylation sites is 1. The molecular weight excluding hydrogens is 368 g/mol. The fraction of sp³-hybridized carbons (Fsp3) is 0.130. The van der Waals surface area contributed by atoms with Crippen molar-refractivity contribution in [2.45, 2.75) is 9.79 Å². The average Bonchev–Trinajstić information content (AvgIpc) is 2.74. The fourth-order valence-corrected chi connectivity index (χ4v) is 3.64. The molecule has 28 heavy (non-hydrogen) atoms. The number of hydrogen-bond donors (Lipinski definition) is 0. The van der Waals surface area contributed by atoms with Crippen molar-refractivity contribution >= 4 is 17.7 Å². The standard InChI is InChI=1S/C23H20N2O2S/c1-25(15-16-27-19-10-3-2-4-11-19)23(26)20-12-6-8-14-22(20)28-21-13-7-5-9-18(21)17-24/h2-14H,15-16H2,1H3. The molecule has 5 heteroatoms. The molecule has 4 nitrogen and oxygen atoms in total. The molecule has 3 rings (SSSR count). The first-order valence-electron chi connectivity index (χ1n) is 8.88. The summed E-state index contributed by atoms with van der Waals surface area (Å²) in [5, 5.41) is 9.30. The summed E-state index contributed by atoms with van der Waals surface area (Å²) in [6.07, 6.45) is 0. The highest BCUT2D eigenvalue weighted by molar-refractivity contribution is 7.99. The molecule has 140 valence electrons. The van der Waals surface area contributed by atoms with Gasteiger partial charge in [-0.3, -0.25) is 4.79 Å². The van der Waals surface area contributed by atoms with Crippen LogP contribution in [0.4, 0.5) is 0 Å². The van der Waals surface area contributed by atoms with Gasteiger partial charge in [-0.25, -0.2) is 0 Å². The number of ether oxygens (including phenoxy) is 1. The number of hydrogen-bond acceptors (Lipinski definition) is 4. The second kappa shape index (κ2) is 9.63. The molecule has 3 aromatic carbocycles. The molecule has 0 unspecified atom stereocenters. The molecule has 0 atom stereocenters. The maximum atomic E-state index is 12.9. The van der Waals surface area contributed by atoms with Crippen molar-refractivity contribution < 1.29 is 9.53 Å². The van der Waals surface area contributed by atoms with E-state index in [0.29, 0.717) is 24.3 Å². The molecule has 0 saturated carbocycles. The molecule has 0 bridgehead atoms. The smallest absolute Gasteiger partial charge is 0.254 e. The van der Waals surface area contributed by atoms with Gasteiger partial charge in [-0.1, -0.05) is 54.2 Å². The molecule has 0 N–H and O–H groups in total. The Morgan fingerprint density at radius 3 is 2.36 bits per heavy atom. The molecule has 3 aromatic rings. The number of carbonyl (C=O) groups is 1. The first kappa shape index (κ1) is 19.5. The van der Waals surface area contributed by atoms with Gasteiger partial charge in [-0.2, -0.15) is 5.26 Å². The first-order chi connectivity index (χ1) is 13.7. The minimum atomic E-state index is -0.0748. The zero-order chi connectivity index (χ0) is 19.8. The average molecular weight is 388 g/mol. The quantitative estimate of drug-likeness (QED) is 0.580. The molecule has 0 saturated heterocycles. The van der Waals surface area contributed by atoms with Gasteiger partial charge in [0.15, 0.2) is 0 Å². The normalized spacial score (nSPS) is 10.1. The van der Waals surface area contributed by atoms with Crippen LogP contribution < -0.4 is 4.74 Å². The summed E-state index contributed by atoms with van der Waals surface area (Å²) in [6.45, 7) is 0.889. The van der Waals surface area contributed by atoms with Crippen LogP contribution in [0.5, 0.6) is 5.75 Å². The number of nitriles is 1. The lowest BCUT2D eigenvalue weighted by Crippen LogP contribution is -2.31. The van der Waals surface area contributed by atoms with Crippen LogP contribution in [0.1, 0.15) is 15.9 Å². The van der Waals surface area contributed by atoms with Crippen LogP contribution in [0.3, 0.4) is 0 Å². The van der Waals surface area contributed by atoms with Gasteiger partial charge in [-0.05, 0) is 36.4 Å². The minimum absolute atomic E-state index is 0.0748. The van der Waals surface area contributed by atoms with Crippen molar-refractivity contribution in [2.75, 3.05) is 20.2 Å². The second-order valence-electron chi connectivity index (χ2n) is 6.09. The van der Waals surface area contributed by atoms with Gasteiger partial charge in [0.25, 0.3) is 5.91 Å². The van der Waals surface area contributed by atoms with Crippen molar-refractivity contribution in [1.29, 1.82) is 5.26 Å². The maximum Gasteiger partial charge on any atom is 0.254 e. The molecule has 0 aliphatic rings. The Morgan fingerprint density at radius 1 is 0.964 bits per heavy atom. The van der Waals surface area contributed by atoms with Gasteiger partial charge >= 0.3 is 0 Å². The van der Waals surface area contributed by atoms with Gasteiger partial charge in [0.1, 0.15) is 18.4 Å². The van der Waals surface area contributed by atoms with Crippen molar-refractivity contribution in [3.63, 3.8) is 0 Å². The summed E-state index contributed by atoms with van der Waals surface area (Å²) in [7, 11) is 1.77. The third kappa shape index (κ3) is 4.93. The van der Waals surface area contributed by atoms with Crippen LogP contribution in [-0.4, -0.2) is 31.0 Å². The van der Waals surface area contributed by atoms with E-state index >= 15 is 0 Å². The molecule has 0 heterocycles. The van der Waals surface area contributed by atoms with Crippen LogP contribution in [0, 0.1) is 11.3 Å². The zero-order valence-electron chi connectivity index (χ0n) is 15.5. The Balaban J connectivity index is 1.69. The van der Waals surface area contributed by atoms with Crippen LogP contribution in [0.25, 0.3) is 0 Å². The molecule has 0 radical (unpaired) electrons. The largest absolute Gasteiger partial charge is 0.492 e. The Hall–Kier alpha value is -3.23. The summed E-state index contributed by atoms with van der Waals surface area (Å²) in [6, 6.07) is 26.6. The summed E-state index contributed by atoms with van der Waals surface area (Å²) in [5.41, 5.74) is 1.21. The Kier molecular flexibility index (Phi) is 6.72. The van der Waals surface area contributed by atoms with E-state index in [9.17, 15) is 10.1 Å². The third-order valence-corrected chi connectivity index (χ3v) is 5.28. The minimum Gasteiger partial charge on any atom is -0.492 e. The molecule has 1 amide bonds. The highest BCUT2D eigenvalue weighted by atomic mass is 32.2. The Labute approximate surface area is 169 Å². The number of likely N-dealkylation sites (N-methyl/N-ethyl adjacent to an activating group) is 1. The number of benzene rings is 3. The van der Waals surface area contributed by atoms with Crippen molar-refractivity contribution in [1.82, 2.24) is 4.90 Å². The SMILES string of the molecule is CN(CCOc1ccccc1)C(=O)c1ccccc1Sc1ccccc1C#N. The van der Waals surface area contributed by atoms with E-state index in [-0.39, 0.29) is 5.91 Å². The highest BCUT2D eigenvalue weighted by Crippen LogP contribution is 2.33. The van der Waals surface area contributed by atoms with E-state index < -0.39 is 0 Å². The fourth-order valence-electron chi connectivity index (χ4n) is 2.62.